The number of methoxy groups -OCH3 is 1. The summed E-state index contributed by atoms with van der Waals surface area (Å²) in [6.07, 6.45) is -0.470. The second-order valence-corrected chi connectivity index (χ2v) is 9.39. The van der Waals surface area contributed by atoms with E-state index in [2.05, 4.69) is 10.5 Å². The average Bonchev–Trinajstić information content (AvgIpc) is 3.54. The molecule has 42 heavy (non-hydrogen) atoms. The number of anilines is 1. The number of phenolic OH excluding ortho intramolecular Hbond substituents is 1. The van der Waals surface area contributed by atoms with Gasteiger partial charge in [0.2, 0.25) is 0 Å². The fraction of sp³-hybridized carbons (Fsp3) is 0.310. The highest BCUT2D eigenvalue weighted by molar-refractivity contribution is 6.04. The molecule has 10 nitrogen and oxygen atoms in total. The Kier molecular flexibility index (Phi) is 9.99. The van der Waals surface area contributed by atoms with Gasteiger partial charge in [-0.1, -0.05) is 16.8 Å². The maximum atomic E-state index is 12.4. The lowest BCUT2D eigenvalue weighted by atomic mass is 9.94. The summed E-state index contributed by atoms with van der Waals surface area (Å²) in [6, 6.07) is 4.17. The average molecular weight is 591 g/mol. The fourth-order valence-electron chi connectivity index (χ4n) is 4.17. The highest BCUT2D eigenvalue weighted by atomic mass is 19.4. The number of benzene rings is 2. The molecule has 0 saturated heterocycles. The lowest BCUT2D eigenvalue weighted by Gasteiger charge is -2.15. The molecule has 224 valence electrons. The van der Waals surface area contributed by atoms with Gasteiger partial charge < -0.3 is 29.5 Å². The molecule has 0 atom stereocenters. The minimum Gasteiger partial charge on any atom is -0.507 e. The van der Waals surface area contributed by atoms with Crippen molar-refractivity contribution >= 4 is 23.5 Å². The number of carbonyl (C=O) groups excluding carboxylic acids is 2. The van der Waals surface area contributed by atoms with Gasteiger partial charge in [0.1, 0.15) is 35.0 Å². The molecule has 1 amide bonds. The summed E-state index contributed by atoms with van der Waals surface area (Å²) in [5.41, 5.74) is 2.77. The molecule has 3 N–H and O–H groups in total. The van der Waals surface area contributed by atoms with Gasteiger partial charge in [-0.25, -0.2) is 4.79 Å². The second-order valence-electron chi connectivity index (χ2n) is 9.39. The van der Waals surface area contributed by atoms with Gasteiger partial charge in [0.25, 0.3) is 5.91 Å². The van der Waals surface area contributed by atoms with Crippen LogP contribution in [-0.4, -0.2) is 40.3 Å². The molecule has 0 aliphatic carbocycles. The topological polar surface area (TPSA) is 148 Å². The van der Waals surface area contributed by atoms with Gasteiger partial charge in [-0.3, -0.25) is 9.59 Å². The Bertz CT molecular complexity index is 1510. The minimum atomic E-state index is -4.40. The number of nitrogens with zero attached hydrogens (tertiary/aromatic N) is 1. The molecule has 0 bridgehead atoms. The molecular weight excluding hydrogens is 561 g/mol. The van der Waals surface area contributed by atoms with Crippen molar-refractivity contribution in [1.82, 2.24) is 5.16 Å². The van der Waals surface area contributed by atoms with E-state index in [4.69, 9.17) is 19.1 Å². The number of rotatable bonds is 8. The van der Waals surface area contributed by atoms with Gasteiger partial charge in [0.05, 0.1) is 18.9 Å². The van der Waals surface area contributed by atoms with E-state index < -0.39 is 29.6 Å². The van der Waals surface area contributed by atoms with E-state index in [0.29, 0.717) is 35.5 Å². The van der Waals surface area contributed by atoms with Crippen LogP contribution in [0, 0.1) is 13.8 Å². The van der Waals surface area contributed by atoms with Crippen LogP contribution in [0.4, 0.5) is 18.9 Å². The molecular formula is C29H29F3N2O8. The van der Waals surface area contributed by atoms with Crippen LogP contribution >= 0.6 is 0 Å². The van der Waals surface area contributed by atoms with Crippen LogP contribution in [0.1, 0.15) is 68.5 Å². The molecule has 0 fully saturated rings. The molecule has 2 aromatic carbocycles. The summed E-state index contributed by atoms with van der Waals surface area (Å²) in [5.74, 6) is -1.12. The molecule has 1 aliphatic heterocycles. The Labute approximate surface area is 238 Å². The zero-order chi connectivity index (χ0) is 31.2. The van der Waals surface area contributed by atoms with Crippen molar-refractivity contribution in [3.63, 3.8) is 0 Å². The van der Waals surface area contributed by atoms with Crippen LogP contribution < -0.4 is 10.1 Å². The van der Waals surface area contributed by atoms with Crippen molar-refractivity contribution in [2.45, 2.75) is 52.8 Å². The zero-order valence-corrected chi connectivity index (χ0v) is 23.2. The quantitative estimate of drug-likeness (QED) is 0.213. The second kappa shape index (κ2) is 13.2. The van der Waals surface area contributed by atoms with Gasteiger partial charge in [-0.15, -0.1) is 0 Å². The number of aromatic hydroxyl groups is 1. The van der Waals surface area contributed by atoms with E-state index in [1.807, 2.05) is 19.9 Å². The molecule has 0 radical (unpaired) electrons. The smallest absolute Gasteiger partial charge is 0.416 e. The van der Waals surface area contributed by atoms with Crippen LogP contribution in [0.25, 0.3) is 0 Å². The number of hydrogen-bond donors (Lipinski definition) is 3. The number of aliphatic carboxylic acids is 1. The van der Waals surface area contributed by atoms with Crippen LogP contribution in [0.5, 0.6) is 11.5 Å². The number of fused-ring (bicyclic) bond motifs is 1. The summed E-state index contributed by atoms with van der Waals surface area (Å²) in [4.78, 5) is 34.1. The van der Waals surface area contributed by atoms with E-state index in [1.54, 1.807) is 6.92 Å². The number of cyclic esters (lactones) is 1. The standard InChI is InChI=1S/C17H20O6.C12H9F3N2O2/c1-9(5-7-13(18)19)4-6-11-15(20)14-12(8-23-17(14)21)10(2)16(11)22-3;1-7-10(6-16-19-7)11(18)17-9-4-2-8(3-5-9)12(13,14)15/h4,20H,5-8H2,1-3H3,(H,18,19);2-6H,1H3,(H,17,18)/b9-4+;. The van der Waals surface area contributed by atoms with Gasteiger partial charge in [-0.2, -0.15) is 13.2 Å². The summed E-state index contributed by atoms with van der Waals surface area (Å²) >= 11 is 0. The molecule has 13 heteroatoms. The number of esters is 1. The Hall–Kier alpha value is -4.81. The summed E-state index contributed by atoms with van der Waals surface area (Å²) < 4.78 is 52.2. The number of carboxylic acid groups (broad SMARTS) is 1. The summed E-state index contributed by atoms with van der Waals surface area (Å²) in [5, 5.41) is 25.1. The number of ether oxygens (including phenoxy) is 2. The molecule has 0 unspecified atom stereocenters. The van der Waals surface area contributed by atoms with Gasteiger partial charge in [-0.05, 0) is 63.4 Å². The Morgan fingerprint density at radius 3 is 2.38 bits per heavy atom. The lowest BCUT2D eigenvalue weighted by Crippen LogP contribution is -2.12. The van der Waals surface area contributed by atoms with Crippen molar-refractivity contribution in [3.8, 4) is 11.5 Å². The Balaban J connectivity index is 0.000000235. The third-order valence-corrected chi connectivity index (χ3v) is 6.50. The number of aromatic nitrogens is 1. The van der Waals surface area contributed by atoms with E-state index >= 15 is 0 Å². The summed E-state index contributed by atoms with van der Waals surface area (Å²) in [7, 11) is 1.51. The first-order chi connectivity index (χ1) is 19.7. The zero-order valence-electron chi connectivity index (χ0n) is 23.2. The first-order valence-corrected chi connectivity index (χ1v) is 12.6. The Morgan fingerprint density at radius 2 is 1.83 bits per heavy atom. The van der Waals surface area contributed by atoms with Gasteiger partial charge in [0, 0.05) is 23.2 Å². The van der Waals surface area contributed by atoms with E-state index in [-0.39, 0.29) is 35.6 Å². The molecule has 0 spiro atoms. The third kappa shape index (κ3) is 7.47. The van der Waals surface area contributed by atoms with Crippen LogP contribution in [0.3, 0.4) is 0 Å². The SMILES string of the molecule is COc1c(C)c2c(c(O)c1C/C=C(\C)CCC(=O)O)C(=O)OC2.Cc1oncc1C(=O)Nc1ccc(C(F)(F)F)cc1. The number of allylic oxidation sites excluding steroid dienone is 2. The number of carbonyl (C=O) groups is 3. The first kappa shape index (κ1) is 31.7. The van der Waals surface area contributed by atoms with Crippen LogP contribution in [-0.2, 0) is 28.7 Å². The highest BCUT2D eigenvalue weighted by Gasteiger charge is 2.32. The predicted molar refractivity (Wildman–Crippen MR) is 143 cm³/mol. The third-order valence-electron chi connectivity index (χ3n) is 6.50. The number of halogens is 3. The molecule has 0 saturated carbocycles. The minimum absolute atomic E-state index is 0.0565. The number of amides is 1. The van der Waals surface area contributed by atoms with Crippen molar-refractivity contribution < 1.29 is 51.8 Å². The van der Waals surface area contributed by atoms with E-state index in [0.717, 1.165) is 23.3 Å². The maximum Gasteiger partial charge on any atom is 0.416 e. The van der Waals surface area contributed by atoms with Crippen molar-refractivity contribution in [1.29, 1.82) is 0 Å². The van der Waals surface area contributed by atoms with Crippen LogP contribution in [0.15, 0.2) is 46.6 Å². The highest BCUT2D eigenvalue weighted by Crippen LogP contribution is 2.42. The number of alkyl halides is 3. The van der Waals surface area contributed by atoms with E-state index in [9.17, 15) is 32.7 Å². The molecule has 1 aromatic heterocycles. The molecule has 2 heterocycles. The fourth-order valence-corrected chi connectivity index (χ4v) is 4.17. The maximum absolute atomic E-state index is 12.4. The number of aryl methyl sites for hydroxylation is 1. The van der Waals surface area contributed by atoms with Gasteiger partial charge >= 0.3 is 18.1 Å². The molecule has 4 rings (SSSR count). The molecule has 1 aliphatic rings. The van der Waals surface area contributed by atoms with Crippen molar-refractivity contribution in [2.75, 3.05) is 12.4 Å². The number of hydrogen-bond acceptors (Lipinski definition) is 8. The normalized spacial score (nSPS) is 12.6. The number of nitrogens with one attached hydrogen (secondary N) is 1. The summed E-state index contributed by atoms with van der Waals surface area (Å²) in [6.45, 7) is 5.36. The monoisotopic (exact) mass is 590 g/mol. The lowest BCUT2D eigenvalue weighted by molar-refractivity contribution is -0.138. The number of phenols is 1. The first-order valence-electron chi connectivity index (χ1n) is 12.6. The van der Waals surface area contributed by atoms with Crippen molar-refractivity contribution in [3.05, 3.63) is 81.3 Å². The Morgan fingerprint density at radius 1 is 1.17 bits per heavy atom. The largest absolute Gasteiger partial charge is 0.507 e. The predicted octanol–water partition coefficient (Wildman–Crippen LogP) is 5.99. The van der Waals surface area contributed by atoms with E-state index in [1.165, 1.54) is 25.4 Å². The van der Waals surface area contributed by atoms with Crippen LogP contribution in [0.2, 0.25) is 0 Å². The molecule has 3 aromatic rings. The number of carboxylic acids is 1. The van der Waals surface area contributed by atoms with Crippen molar-refractivity contribution in [2.24, 2.45) is 0 Å². The van der Waals surface area contributed by atoms with Gasteiger partial charge in [0.15, 0.2) is 0 Å².